The lowest BCUT2D eigenvalue weighted by atomic mass is 10.0. The summed E-state index contributed by atoms with van der Waals surface area (Å²) in [4.78, 5) is 14.6. The molecule has 0 aliphatic carbocycles. The molecular formula is C42H41N3. The SMILES string of the molecule is C=Cc1cnc(N=C(C)/C=C(\C=C/C)c2ccc(C(C)=N/C(=C\C(=C)c3ccccc3)c3ccccc3)cc2)c(C)c1/C=C\C. The molecule has 3 nitrogen and oxygen atoms in total. The van der Waals surface area contributed by atoms with E-state index in [4.69, 9.17) is 9.98 Å². The number of aliphatic imine (C=N–C) groups is 2. The molecule has 0 bridgehead atoms. The van der Waals surface area contributed by atoms with Gasteiger partial charge in [0.25, 0.3) is 0 Å². The Kier molecular flexibility index (Phi) is 11.5. The first-order valence-electron chi connectivity index (χ1n) is 15.2. The van der Waals surface area contributed by atoms with Gasteiger partial charge in [0.2, 0.25) is 0 Å². The molecule has 0 saturated carbocycles. The summed E-state index contributed by atoms with van der Waals surface area (Å²) in [5, 5.41) is 0. The van der Waals surface area contributed by atoms with E-state index in [-0.39, 0.29) is 0 Å². The normalized spacial score (nSPS) is 13.1. The maximum Gasteiger partial charge on any atom is 0.155 e. The van der Waals surface area contributed by atoms with Crippen LogP contribution in [0.4, 0.5) is 5.82 Å². The Morgan fingerprint density at radius 3 is 1.98 bits per heavy atom. The van der Waals surface area contributed by atoms with Gasteiger partial charge in [0.05, 0.1) is 5.70 Å². The molecule has 0 saturated heterocycles. The van der Waals surface area contributed by atoms with E-state index < -0.39 is 0 Å². The first-order valence-corrected chi connectivity index (χ1v) is 15.2. The van der Waals surface area contributed by atoms with Crippen molar-refractivity contribution in [1.29, 1.82) is 0 Å². The Hall–Kier alpha value is -5.41. The molecule has 0 unspecified atom stereocenters. The number of nitrogens with zero attached hydrogens (tertiary/aromatic N) is 3. The van der Waals surface area contributed by atoms with Crippen LogP contribution in [0, 0.1) is 6.92 Å². The fourth-order valence-electron chi connectivity index (χ4n) is 4.97. The number of pyridine rings is 1. The van der Waals surface area contributed by atoms with Crippen LogP contribution in [0.5, 0.6) is 0 Å². The van der Waals surface area contributed by atoms with E-state index in [1.165, 1.54) is 0 Å². The summed E-state index contributed by atoms with van der Waals surface area (Å²) in [5.41, 5.74) is 12.0. The Bertz CT molecular complexity index is 1830. The molecule has 4 rings (SSSR count). The number of rotatable bonds is 11. The molecule has 0 N–H and O–H groups in total. The van der Waals surface area contributed by atoms with Crippen LogP contribution < -0.4 is 0 Å². The number of hydrogen-bond donors (Lipinski definition) is 0. The number of aromatic nitrogens is 1. The number of hydrogen-bond acceptors (Lipinski definition) is 3. The van der Waals surface area contributed by atoms with Crippen LogP contribution in [0.2, 0.25) is 0 Å². The minimum absolute atomic E-state index is 0.710. The van der Waals surface area contributed by atoms with Gasteiger partial charge < -0.3 is 0 Å². The van der Waals surface area contributed by atoms with Crippen molar-refractivity contribution < 1.29 is 0 Å². The van der Waals surface area contributed by atoms with Crippen LogP contribution in [0.1, 0.15) is 66.6 Å². The van der Waals surface area contributed by atoms with Gasteiger partial charge in [0.1, 0.15) is 0 Å². The highest BCUT2D eigenvalue weighted by atomic mass is 14.9. The molecule has 1 heterocycles. The number of allylic oxidation sites excluding steroid dienone is 7. The van der Waals surface area contributed by atoms with Crippen LogP contribution in [0.3, 0.4) is 0 Å². The van der Waals surface area contributed by atoms with E-state index in [1.807, 2.05) is 88.5 Å². The van der Waals surface area contributed by atoms with E-state index >= 15 is 0 Å². The molecule has 4 aromatic rings. The Balaban J connectivity index is 1.65. The zero-order chi connectivity index (χ0) is 32.2. The smallest absolute Gasteiger partial charge is 0.155 e. The molecular weight excluding hydrogens is 546 g/mol. The summed E-state index contributed by atoms with van der Waals surface area (Å²) in [6.07, 6.45) is 16.1. The van der Waals surface area contributed by atoms with Crippen LogP contribution in [-0.4, -0.2) is 16.4 Å². The number of benzene rings is 3. The zero-order valence-electron chi connectivity index (χ0n) is 27.0. The van der Waals surface area contributed by atoms with E-state index in [1.54, 1.807) is 0 Å². The van der Waals surface area contributed by atoms with Gasteiger partial charge in [0, 0.05) is 28.7 Å². The maximum atomic E-state index is 5.08. The van der Waals surface area contributed by atoms with Gasteiger partial charge in [-0.2, -0.15) is 0 Å². The van der Waals surface area contributed by atoms with Crippen molar-refractivity contribution in [1.82, 2.24) is 4.98 Å². The van der Waals surface area contributed by atoms with Gasteiger partial charge in [-0.25, -0.2) is 9.98 Å². The molecule has 0 aliphatic rings. The van der Waals surface area contributed by atoms with Crippen molar-refractivity contribution in [3.05, 3.63) is 174 Å². The Morgan fingerprint density at radius 2 is 1.38 bits per heavy atom. The predicted octanol–water partition coefficient (Wildman–Crippen LogP) is 11.4. The largest absolute Gasteiger partial charge is 0.252 e. The third-order valence-electron chi connectivity index (χ3n) is 7.37. The molecule has 0 radical (unpaired) electrons. The van der Waals surface area contributed by atoms with Crippen LogP contribution in [-0.2, 0) is 0 Å². The fourth-order valence-corrected chi connectivity index (χ4v) is 4.97. The Labute approximate surface area is 268 Å². The Morgan fingerprint density at radius 1 is 0.756 bits per heavy atom. The van der Waals surface area contributed by atoms with Gasteiger partial charge in [-0.3, -0.25) is 4.99 Å². The van der Waals surface area contributed by atoms with Gasteiger partial charge in [0.15, 0.2) is 5.82 Å². The summed E-state index contributed by atoms with van der Waals surface area (Å²) in [5.74, 6) is 0.710. The molecule has 0 amide bonds. The van der Waals surface area contributed by atoms with Gasteiger partial charge in [-0.1, -0.05) is 128 Å². The summed E-state index contributed by atoms with van der Waals surface area (Å²) in [6, 6.07) is 28.9. The topological polar surface area (TPSA) is 37.6 Å². The summed E-state index contributed by atoms with van der Waals surface area (Å²) in [7, 11) is 0. The molecule has 0 spiro atoms. The van der Waals surface area contributed by atoms with Crippen molar-refractivity contribution in [3.8, 4) is 0 Å². The van der Waals surface area contributed by atoms with Crippen LogP contribution >= 0.6 is 0 Å². The van der Waals surface area contributed by atoms with Crippen molar-refractivity contribution in [3.63, 3.8) is 0 Å². The average Bonchev–Trinajstić information content (AvgIpc) is 3.07. The monoisotopic (exact) mass is 587 g/mol. The fraction of sp³-hybridized carbons (Fsp3) is 0.119. The molecule has 45 heavy (non-hydrogen) atoms. The lowest BCUT2D eigenvalue weighted by Crippen LogP contribution is -1.97. The molecule has 3 aromatic carbocycles. The standard InChI is InChI=1S/C42H41N3/c1-8-17-39(28-31(5)44-42-32(6)40(18-9-2)34(10-3)29-43-42)37-25-23-36(24-26-37)33(7)45-41(38-21-15-12-16-22-38)27-30(4)35-19-13-11-14-20-35/h8-29H,3-4H2,1-2,5-7H3/b17-8-,18-9-,39-28+,41-27-,44-31?,45-33?. The van der Waals surface area contributed by atoms with E-state index in [0.717, 1.165) is 67.2 Å². The van der Waals surface area contributed by atoms with E-state index in [9.17, 15) is 0 Å². The summed E-state index contributed by atoms with van der Waals surface area (Å²) < 4.78 is 0. The minimum atomic E-state index is 0.710. The van der Waals surface area contributed by atoms with Crippen molar-refractivity contribution in [2.45, 2.75) is 34.6 Å². The highest BCUT2D eigenvalue weighted by Crippen LogP contribution is 2.27. The lowest BCUT2D eigenvalue weighted by Gasteiger charge is -2.10. The summed E-state index contributed by atoms with van der Waals surface area (Å²) >= 11 is 0. The molecule has 0 aliphatic heterocycles. The average molecular weight is 588 g/mol. The highest BCUT2D eigenvalue weighted by molar-refractivity contribution is 6.04. The second-order valence-corrected chi connectivity index (χ2v) is 10.7. The molecule has 1 aromatic heterocycles. The molecule has 0 atom stereocenters. The van der Waals surface area contributed by atoms with Crippen LogP contribution in [0.25, 0.3) is 29.0 Å². The second kappa shape index (κ2) is 15.9. The molecule has 0 fully saturated rings. The first-order chi connectivity index (χ1) is 21.8. The van der Waals surface area contributed by atoms with Crippen molar-refractivity contribution in [2.75, 3.05) is 0 Å². The van der Waals surface area contributed by atoms with Gasteiger partial charge >= 0.3 is 0 Å². The quantitative estimate of drug-likeness (QED) is 0.127. The second-order valence-electron chi connectivity index (χ2n) is 10.7. The summed E-state index contributed by atoms with van der Waals surface area (Å²) in [6.45, 7) is 18.4. The maximum absolute atomic E-state index is 5.08. The van der Waals surface area contributed by atoms with E-state index in [0.29, 0.717) is 5.82 Å². The van der Waals surface area contributed by atoms with Gasteiger partial charge in [-0.15, -0.1) is 0 Å². The van der Waals surface area contributed by atoms with Crippen molar-refractivity contribution in [2.24, 2.45) is 9.98 Å². The minimum Gasteiger partial charge on any atom is -0.252 e. The third-order valence-corrected chi connectivity index (χ3v) is 7.37. The zero-order valence-corrected chi connectivity index (χ0v) is 27.0. The van der Waals surface area contributed by atoms with Crippen LogP contribution in [0.15, 0.2) is 145 Å². The first kappa shape index (κ1) is 32.5. The highest BCUT2D eigenvalue weighted by Gasteiger charge is 2.09. The molecule has 3 heteroatoms. The van der Waals surface area contributed by atoms with Crippen molar-refractivity contribution >= 4 is 46.2 Å². The third kappa shape index (κ3) is 8.58. The molecule has 224 valence electrons. The van der Waals surface area contributed by atoms with E-state index in [2.05, 4.69) is 97.9 Å². The van der Waals surface area contributed by atoms with Gasteiger partial charge in [-0.05, 0) is 85.7 Å². The lowest BCUT2D eigenvalue weighted by molar-refractivity contribution is 1.21. The predicted molar refractivity (Wildman–Crippen MR) is 198 cm³/mol.